The summed E-state index contributed by atoms with van der Waals surface area (Å²) in [6, 6.07) is 7.67. The zero-order chi connectivity index (χ0) is 20.6. The lowest BCUT2D eigenvalue weighted by Gasteiger charge is -2.26. The Morgan fingerprint density at radius 3 is 2.83 bits per heavy atom. The van der Waals surface area contributed by atoms with Crippen molar-refractivity contribution in [3.63, 3.8) is 0 Å². The van der Waals surface area contributed by atoms with Gasteiger partial charge >= 0.3 is 6.03 Å². The molecule has 1 aromatic carbocycles. The molecule has 2 aromatic rings. The van der Waals surface area contributed by atoms with Gasteiger partial charge in [0.1, 0.15) is 18.1 Å². The summed E-state index contributed by atoms with van der Waals surface area (Å²) in [4.78, 5) is 16.4. The minimum Gasteiger partial charge on any atom is -0.492 e. The van der Waals surface area contributed by atoms with Crippen molar-refractivity contribution in [1.82, 2.24) is 20.3 Å². The summed E-state index contributed by atoms with van der Waals surface area (Å²) in [5.74, 6) is 1.55. The van der Waals surface area contributed by atoms with Crippen molar-refractivity contribution in [2.24, 2.45) is 0 Å². The van der Waals surface area contributed by atoms with Gasteiger partial charge in [0.15, 0.2) is 0 Å². The lowest BCUT2D eigenvalue weighted by atomic mass is 10.2. The van der Waals surface area contributed by atoms with Gasteiger partial charge in [0.05, 0.1) is 25.5 Å². The Labute approximate surface area is 171 Å². The zero-order valence-corrected chi connectivity index (χ0v) is 17.4. The number of amides is 2. The van der Waals surface area contributed by atoms with Crippen LogP contribution in [-0.4, -0.2) is 67.5 Å². The van der Waals surface area contributed by atoms with Crippen LogP contribution in [0.3, 0.4) is 0 Å². The highest BCUT2D eigenvalue weighted by Gasteiger charge is 2.15. The van der Waals surface area contributed by atoms with Gasteiger partial charge in [-0.25, -0.2) is 4.79 Å². The zero-order valence-electron chi connectivity index (χ0n) is 17.4. The number of morpholine rings is 1. The van der Waals surface area contributed by atoms with E-state index in [2.05, 4.69) is 15.4 Å². The fourth-order valence-electron chi connectivity index (χ4n) is 3.21. The molecule has 0 radical (unpaired) electrons. The highest BCUT2D eigenvalue weighted by Crippen LogP contribution is 2.15. The average molecular weight is 402 g/mol. The summed E-state index contributed by atoms with van der Waals surface area (Å²) in [7, 11) is 1.76. The molecule has 0 bridgehead atoms. The number of nitrogens with one attached hydrogen (secondary N) is 1. The summed E-state index contributed by atoms with van der Waals surface area (Å²) in [5, 5.41) is 6.87. The van der Waals surface area contributed by atoms with Crippen molar-refractivity contribution in [3.8, 4) is 5.75 Å². The number of aryl methyl sites for hydroxylation is 2. The molecule has 3 rings (SSSR count). The average Bonchev–Trinajstić information content (AvgIpc) is 3.05. The van der Waals surface area contributed by atoms with Crippen LogP contribution in [0.5, 0.6) is 5.75 Å². The lowest BCUT2D eigenvalue weighted by Crippen LogP contribution is -2.38. The first-order valence-electron chi connectivity index (χ1n) is 9.95. The van der Waals surface area contributed by atoms with Crippen LogP contribution in [0, 0.1) is 13.8 Å². The maximum Gasteiger partial charge on any atom is 0.317 e. The summed E-state index contributed by atoms with van der Waals surface area (Å²) in [6.07, 6.45) is 0. The third-order valence-corrected chi connectivity index (χ3v) is 5.05. The summed E-state index contributed by atoms with van der Waals surface area (Å²) in [6.45, 7) is 9.64. The van der Waals surface area contributed by atoms with Crippen molar-refractivity contribution in [2.75, 3.05) is 46.5 Å². The third-order valence-electron chi connectivity index (χ3n) is 5.05. The molecule has 2 amide bonds. The van der Waals surface area contributed by atoms with E-state index < -0.39 is 0 Å². The Balaban J connectivity index is 1.43. The fraction of sp³-hybridized carbons (Fsp3) is 0.524. The predicted molar refractivity (Wildman–Crippen MR) is 109 cm³/mol. The Hall–Kier alpha value is -2.58. The number of carbonyl (C=O) groups is 1. The highest BCUT2D eigenvalue weighted by molar-refractivity contribution is 5.73. The largest absolute Gasteiger partial charge is 0.492 e. The SMILES string of the molecule is Cc1noc(C)c1CN(C)C(=O)NCc1cccc(OCCN2CCOCC2)c1. The smallest absolute Gasteiger partial charge is 0.317 e. The Bertz CT molecular complexity index is 782. The van der Waals surface area contributed by atoms with Gasteiger partial charge < -0.3 is 24.2 Å². The van der Waals surface area contributed by atoms with Gasteiger partial charge in [-0.2, -0.15) is 0 Å². The van der Waals surface area contributed by atoms with Gasteiger partial charge in [-0.05, 0) is 31.5 Å². The number of hydrogen-bond acceptors (Lipinski definition) is 6. The number of nitrogens with zero attached hydrogens (tertiary/aromatic N) is 3. The van der Waals surface area contributed by atoms with Gasteiger partial charge in [0, 0.05) is 38.8 Å². The van der Waals surface area contributed by atoms with Crippen LogP contribution < -0.4 is 10.1 Å². The second-order valence-corrected chi connectivity index (χ2v) is 7.27. The van der Waals surface area contributed by atoms with E-state index >= 15 is 0 Å². The van der Waals surface area contributed by atoms with E-state index in [4.69, 9.17) is 14.0 Å². The molecule has 1 N–H and O–H groups in total. The van der Waals surface area contributed by atoms with Crippen molar-refractivity contribution >= 4 is 6.03 Å². The monoisotopic (exact) mass is 402 g/mol. The molecular weight excluding hydrogens is 372 g/mol. The van der Waals surface area contributed by atoms with E-state index in [9.17, 15) is 4.79 Å². The molecule has 0 saturated carbocycles. The Kier molecular flexibility index (Phi) is 7.48. The van der Waals surface area contributed by atoms with Crippen molar-refractivity contribution < 1.29 is 18.8 Å². The number of aromatic nitrogens is 1. The van der Waals surface area contributed by atoms with Gasteiger partial charge in [0.2, 0.25) is 0 Å². The first kappa shape index (κ1) is 21.1. The van der Waals surface area contributed by atoms with Crippen molar-refractivity contribution in [2.45, 2.75) is 26.9 Å². The topological polar surface area (TPSA) is 80.1 Å². The van der Waals surface area contributed by atoms with Crippen LogP contribution >= 0.6 is 0 Å². The Morgan fingerprint density at radius 1 is 1.31 bits per heavy atom. The van der Waals surface area contributed by atoms with Crippen LogP contribution in [-0.2, 0) is 17.8 Å². The van der Waals surface area contributed by atoms with Crippen LogP contribution in [0.4, 0.5) is 4.79 Å². The van der Waals surface area contributed by atoms with Gasteiger partial charge in [0.25, 0.3) is 0 Å². The molecule has 0 spiro atoms. The minimum atomic E-state index is -0.149. The van der Waals surface area contributed by atoms with Crippen LogP contribution in [0.2, 0.25) is 0 Å². The van der Waals surface area contributed by atoms with Crippen LogP contribution in [0.25, 0.3) is 0 Å². The molecule has 1 saturated heterocycles. The molecule has 158 valence electrons. The van der Waals surface area contributed by atoms with Crippen LogP contribution in [0.15, 0.2) is 28.8 Å². The van der Waals surface area contributed by atoms with Crippen molar-refractivity contribution in [1.29, 1.82) is 0 Å². The number of carbonyl (C=O) groups excluding carboxylic acids is 1. The fourth-order valence-corrected chi connectivity index (χ4v) is 3.21. The van der Waals surface area contributed by atoms with E-state index in [1.165, 1.54) is 0 Å². The first-order chi connectivity index (χ1) is 14.0. The quantitative estimate of drug-likeness (QED) is 0.730. The predicted octanol–water partition coefficient (Wildman–Crippen LogP) is 2.34. The normalized spacial score (nSPS) is 14.6. The minimum absolute atomic E-state index is 0.149. The molecule has 0 atom stereocenters. The molecular formula is C21H30N4O4. The van der Waals surface area contributed by atoms with E-state index in [0.29, 0.717) is 19.7 Å². The van der Waals surface area contributed by atoms with E-state index in [1.807, 2.05) is 38.1 Å². The molecule has 1 aromatic heterocycles. The number of urea groups is 1. The number of ether oxygens (including phenoxy) is 2. The highest BCUT2D eigenvalue weighted by atomic mass is 16.5. The molecule has 1 fully saturated rings. The maximum atomic E-state index is 12.4. The molecule has 29 heavy (non-hydrogen) atoms. The van der Waals surface area contributed by atoms with Gasteiger partial charge in [-0.3, -0.25) is 4.90 Å². The number of hydrogen-bond donors (Lipinski definition) is 1. The number of benzene rings is 1. The van der Waals surface area contributed by atoms with Crippen molar-refractivity contribution in [3.05, 3.63) is 46.8 Å². The molecule has 2 heterocycles. The molecule has 8 heteroatoms. The standard InChI is InChI=1S/C21H30N4O4/c1-16-20(17(2)29-23-16)15-24(3)21(26)22-14-18-5-4-6-19(13-18)28-12-9-25-7-10-27-11-8-25/h4-6,13H,7-12,14-15H2,1-3H3,(H,22,26). The third kappa shape index (κ3) is 6.20. The lowest BCUT2D eigenvalue weighted by molar-refractivity contribution is 0.0322. The van der Waals surface area contributed by atoms with E-state index in [0.717, 1.165) is 61.2 Å². The van der Waals surface area contributed by atoms with Crippen LogP contribution in [0.1, 0.15) is 22.6 Å². The molecule has 0 unspecified atom stereocenters. The maximum absolute atomic E-state index is 12.4. The van der Waals surface area contributed by atoms with E-state index in [1.54, 1.807) is 11.9 Å². The molecule has 1 aliphatic heterocycles. The molecule has 0 aliphatic carbocycles. The summed E-state index contributed by atoms with van der Waals surface area (Å²) >= 11 is 0. The first-order valence-corrected chi connectivity index (χ1v) is 9.95. The Morgan fingerprint density at radius 2 is 2.10 bits per heavy atom. The van der Waals surface area contributed by atoms with E-state index in [-0.39, 0.29) is 6.03 Å². The van der Waals surface area contributed by atoms with Gasteiger partial charge in [-0.1, -0.05) is 17.3 Å². The summed E-state index contributed by atoms with van der Waals surface area (Å²) < 4.78 is 16.4. The van der Waals surface area contributed by atoms with Gasteiger partial charge in [-0.15, -0.1) is 0 Å². The second kappa shape index (κ2) is 10.3. The molecule has 1 aliphatic rings. The number of rotatable bonds is 8. The second-order valence-electron chi connectivity index (χ2n) is 7.27. The summed E-state index contributed by atoms with van der Waals surface area (Å²) in [5.41, 5.74) is 2.75. The molecule has 8 nitrogen and oxygen atoms in total.